The van der Waals surface area contributed by atoms with E-state index in [0.29, 0.717) is 24.1 Å². The van der Waals surface area contributed by atoms with E-state index in [1.54, 1.807) is 10.7 Å². The molecular weight excluding hydrogens is 290 g/mol. The first kappa shape index (κ1) is 15.6. The summed E-state index contributed by atoms with van der Waals surface area (Å²) in [5.41, 5.74) is 1.34. The molecule has 0 N–H and O–H groups in total. The maximum Gasteiger partial charge on any atom is 0.274 e. The highest BCUT2D eigenvalue weighted by atomic mass is 16.5. The van der Waals surface area contributed by atoms with E-state index in [1.165, 1.54) is 6.42 Å². The molecule has 0 spiro atoms. The summed E-state index contributed by atoms with van der Waals surface area (Å²) < 4.78 is 7.36. The molecule has 1 atom stereocenters. The summed E-state index contributed by atoms with van der Waals surface area (Å²) in [4.78, 5) is 14.6. The zero-order chi connectivity index (χ0) is 16.2. The van der Waals surface area contributed by atoms with E-state index in [9.17, 15) is 4.79 Å². The molecule has 1 aliphatic heterocycles. The Morgan fingerprint density at radius 2 is 2.13 bits per heavy atom. The van der Waals surface area contributed by atoms with Gasteiger partial charge in [-0.1, -0.05) is 25.1 Å². The lowest BCUT2D eigenvalue weighted by Gasteiger charge is -2.30. The summed E-state index contributed by atoms with van der Waals surface area (Å²) in [5.74, 6) is 1.15. The fourth-order valence-electron chi connectivity index (χ4n) is 3.01. The average Bonchev–Trinajstić information content (AvgIpc) is 2.99. The molecule has 1 amide bonds. The van der Waals surface area contributed by atoms with Crippen molar-refractivity contribution in [1.82, 2.24) is 14.7 Å². The van der Waals surface area contributed by atoms with Gasteiger partial charge in [-0.3, -0.25) is 4.79 Å². The van der Waals surface area contributed by atoms with E-state index in [0.717, 1.165) is 25.2 Å². The molecule has 1 fully saturated rings. The van der Waals surface area contributed by atoms with Crippen LogP contribution in [-0.4, -0.2) is 40.3 Å². The Kier molecular flexibility index (Phi) is 4.65. The van der Waals surface area contributed by atoms with Crippen molar-refractivity contribution < 1.29 is 9.53 Å². The number of hydrogen-bond acceptors (Lipinski definition) is 3. The zero-order valence-corrected chi connectivity index (χ0v) is 13.7. The third kappa shape index (κ3) is 3.38. The minimum absolute atomic E-state index is 0.00724. The second-order valence-electron chi connectivity index (χ2n) is 6.05. The van der Waals surface area contributed by atoms with Gasteiger partial charge in [0.2, 0.25) is 5.88 Å². The van der Waals surface area contributed by atoms with Crippen LogP contribution in [0.3, 0.4) is 0 Å². The average molecular weight is 313 g/mol. The Morgan fingerprint density at radius 1 is 1.35 bits per heavy atom. The Balaban J connectivity index is 1.89. The third-order valence-corrected chi connectivity index (χ3v) is 4.13. The minimum atomic E-state index is -0.00724. The number of ether oxygens (including phenoxy) is 1. The van der Waals surface area contributed by atoms with Gasteiger partial charge in [0.15, 0.2) is 5.69 Å². The van der Waals surface area contributed by atoms with Crippen LogP contribution in [-0.2, 0) is 0 Å². The molecule has 1 saturated heterocycles. The van der Waals surface area contributed by atoms with Crippen molar-refractivity contribution >= 4 is 5.91 Å². The van der Waals surface area contributed by atoms with Crippen molar-refractivity contribution in [3.8, 4) is 11.6 Å². The number of carbonyl (C=O) groups is 1. The van der Waals surface area contributed by atoms with Crippen LogP contribution in [0, 0.1) is 5.92 Å². The van der Waals surface area contributed by atoms with E-state index >= 15 is 0 Å². The molecule has 122 valence electrons. The van der Waals surface area contributed by atoms with E-state index in [1.807, 2.05) is 42.2 Å². The first-order valence-corrected chi connectivity index (χ1v) is 8.26. The summed E-state index contributed by atoms with van der Waals surface area (Å²) in [7, 11) is 0. The van der Waals surface area contributed by atoms with Crippen molar-refractivity contribution in [3.05, 3.63) is 42.1 Å². The van der Waals surface area contributed by atoms with Gasteiger partial charge in [0.1, 0.15) is 0 Å². The summed E-state index contributed by atoms with van der Waals surface area (Å²) in [5, 5.41) is 4.50. The Bertz CT molecular complexity index is 666. The van der Waals surface area contributed by atoms with Crippen molar-refractivity contribution in [1.29, 1.82) is 0 Å². The molecule has 1 aliphatic rings. The molecule has 0 saturated carbocycles. The number of benzene rings is 1. The molecule has 2 heterocycles. The first-order chi connectivity index (χ1) is 11.2. The second-order valence-corrected chi connectivity index (χ2v) is 6.05. The number of aromatic nitrogens is 2. The van der Waals surface area contributed by atoms with Gasteiger partial charge >= 0.3 is 0 Å². The summed E-state index contributed by atoms with van der Waals surface area (Å²) in [6.07, 6.45) is 2.25. The van der Waals surface area contributed by atoms with E-state index in [4.69, 9.17) is 4.74 Å². The predicted molar refractivity (Wildman–Crippen MR) is 89.0 cm³/mol. The summed E-state index contributed by atoms with van der Waals surface area (Å²) in [6, 6.07) is 11.5. The van der Waals surface area contributed by atoms with Crippen LogP contribution < -0.4 is 4.74 Å². The fraction of sp³-hybridized carbons (Fsp3) is 0.444. The van der Waals surface area contributed by atoms with E-state index in [-0.39, 0.29) is 5.91 Å². The van der Waals surface area contributed by atoms with Crippen molar-refractivity contribution in [2.45, 2.75) is 26.7 Å². The highest BCUT2D eigenvalue weighted by Crippen LogP contribution is 2.22. The molecule has 5 heteroatoms. The molecule has 1 aromatic heterocycles. The van der Waals surface area contributed by atoms with Crippen LogP contribution in [0.5, 0.6) is 5.88 Å². The van der Waals surface area contributed by atoms with Gasteiger partial charge in [0.25, 0.3) is 5.91 Å². The fourth-order valence-corrected chi connectivity index (χ4v) is 3.01. The molecule has 23 heavy (non-hydrogen) atoms. The number of carbonyl (C=O) groups excluding carboxylic acids is 1. The number of likely N-dealkylation sites (tertiary alicyclic amines) is 1. The SMILES string of the molecule is CCOc1cc(C(=O)N2CCC[C@@H](C)C2)nn1-c1ccccc1. The number of hydrogen-bond donors (Lipinski definition) is 0. The molecule has 0 radical (unpaired) electrons. The van der Waals surface area contributed by atoms with Gasteiger partial charge in [-0.25, -0.2) is 4.68 Å². The van der Waals surface area contributed by atoms with Gasteiger partial charge < -0.3 is 9.64 Å². The van der Waals surface area contributed by atoms with Gasteiger partial charge in [-0.2, -0.15) is 5.10 Å². The lowest BCUT2D eigenvalue weighted by Crippen LogP contribution is -2.39. The Morgan fingerprint density at radius 3 is 2.83 bits per heavy atom. The predicted octanol–water partition coefficient (Wildman–Crippen LogP) is 3.14. The molecule has 0 aliphatic carbocycles. The number of para-hydroxylation sites is 1. The van der Waals surface area contributed by atoms with E-state index < -0.39 is 0 Å². The molecule has 1 aromatic carbocycles. The number of piperidine rings is 1. The van der Waals surface area contributed by atoms with Crippen molar-refractivity contribution in [2.75, 3.05) is 19.7 Å². The molecule has 5 nitrogen and oxygen atoms in total. The Labute approximate surface area is 136 Å². The second kappa shape index (κ2) is 6.86. The maximum atomic E-state index is 12.7. The zero-order valence-electron chi connectivity index (χ0n) is 13.7. The topological polar surface area (TPSA) is 47.4 Å². The van der Waals surface area contributed by atoms with Crippen LogP contribution in [0.2, 0.25) is 0 Å². The lowest BCUT2D eigenvalue weighted by molar-refractivity contribution is 0.0676. The van der Waals surface area contributed by atoms with Crippen molar-refractivity contribution in [3.63, 3.8) is 0 Å². The van der Waals surface area contributed by atoms with Gasteiger partial charge in [-0.05, 0) is 37.8 Å². The lowest BCUT2D eigenvalue weighted by atomic mass is 10.0. The minimum Gasteiger partial charge on any atom is -0.478 e. The van der Waals surface area contributed by atoms with Crippen LogP contribution in [0.1, 0.15) is 37.2 Å². The molecule has 0 bridgehead atoms. The summed E-state index contributed by atoms with van der Waals surface area (Å²) in [6.45, 7) is 6.27. The van der Waals surface area contributed by atoms with Crippen molar-refractivity contribution in [2.24, 2.45) is 5.92 Å². The normalized spacial score (nSPS) is 18.0. The standard InChI is InChI=1S/C18H23N3O2/c1-3-23-17-12-16(18(22)20-11-7-8-14(2)13-20)19-21(17)15-9-5-4-6-10-15/h4-6,9-10,12,14H,3,7-8,11,13H2,1-2H3/t14-/m1/s1. The number of amides is 1. The highest BCUT2D eigenvalue weighted by molar-refractivity contribution is 5.92. The number of rotatable bonds is 4. The van der Waals surface area contributed by atoms with Gasteiger partial charge in [-0.15, -0.1) is 0 Å². The smallest absolute Gasteiger partial charge is 0.274 e. The number of nitrogens with zero attached hydrogens (tertiary/aromatic N) is 3. The summed E-state index contributed by atoms with van der Waals surface area (Å²) >= 11 is 0. The van der Waals surface area contributed by atoms with Crippen LogP contribution in [0.25, 0.3) is 5.69 Å². The van der Waals surface area contributed by atoms with Gasteiger partial charge in [0, 0.05) is 19.2 Å². The first-order valence-electron chi connectivity index (χ1n) is 8.26. The Hall–Kier alpha value is -2.30. The van der Waals surface area contributed by atoms with E-state index in [2.05, 4.69) is 12.0 Å². The quantitative estimate of drug-likeness (QED) is 0.871. The van der Waals surface area contributed by atoms with Crippen LogP contribution in [0.15, 0.2) is 36.4 Å². The van der Waals surface area contributed by atoms with Crippen LogP contribution >= 0.6 is 0 Å². The molecule has 2 aromatic rings. The molecular formula is C18H23N3O2. The monoisotopic (exact) mass is 313 g/mol. The maximum absolute atomic E-state index is 12.7. The van der Waals surface area contributed by atoms with Gasteiger partial charge in [0.05, 0.1) is 12.3 Å². The van der Waals surface area contributed by atoms with Crippen LogP contribution in [0.4, 0.5) is 0 Å². The third-order valence-electron chi connectivity index (χ3n) is 4.13. The molecule has 3 rings (SSSR count). The largest absolute Gasteiger partial charge is 0.478 e. The molecule has 0 unspecified atom stereocenters. The highest BCUT2D eigenvalue weighted by Gasteiger charge is 2.25.